The minimum absolute atomic E-state index is 0.0867. The molecule has 0 atom stereocenters. The number of rotatable bonds is 7. The van der Waals surface area contributed by atoms with Crippen LogP contribution in [0.25, 0.3) is 11.0 Å². The zero-order chi connectivity index (χ0) is 26.6. The smallest absolute Gasteiger partial charge is 0.420 e. The van der Waals surface area contributed by atoms with Gasteiger partial charge in [-0.05, 0) is 68.1 Å². The number of anilines is 2. The first kappa shape index (κ1) is 25.5. The number of amides is 1. The van der Waals surface area contributed by atoms with E-state index in [2.05, 4.69) is 10.3 Å². The van der Waals surface area contributed by atoms with E-state index in [1.165, 1.54) is 4.90 Å². The van der Waals surface area contributed by atoms with Crippen molar-refractivity contribution in [3.63, 3.8) is 0 Å². The highest BCUT2D eigenvalue weighted by Crippen LogP contribution is 2.32. The lowest BCUT2D eigenvalue weighted by molar-refractivity contribution is 0.150. The predicted molar refractivity (Wildman–Crippen MR) is 147 cm³/mol. The first-order valence-corrected chi connectivity index (χ1v) is 12.9. The second-order valence-corrected chi connectivity index (χ2v) is 9.70. The van der Waals surface area contributed by atoms with Gasteiger partial charge in [-0.2, -0.15) is 0 Å². The molecule has 3 heterocycles. The van der Waals surface area contributed by atoms with Crippen molar-refractivity contribution in [1.82, 2.24) is 19.4 Å². The number of piperidine rings is 1. The number of hydrogen-bond donors (Lipinski definition) is 1. The molecule has 0 aliphatic carbocycles. The first-order chi connectivity index (χ1) is 18.5. The number of aromatic nitrogens is 3. The third-order valence-electron chi connectivity index (χ3n) is 7.18. The highest BCUT2D eigenvalue weighted by molar-refractivity contribution is 5.97. The van der Waals surface area contributed by atoms with Crippen LogP contribution in [0, 0.1) is 12.8 Å². The minimum atomic E-state index is -0.558. The van der Waals surface area contributed by atoms with Gasteiger partial charge in [-0.25, -0.2) is 19.5 Å². The quantitative estimate of drug-likeness (QED) is 0.389. The predicted octanol–water partition coefficient (Wildman–Crippen LogP) is 4.53. The highest BCUT2D eigenvalue weighted by Gasteiger charge is 2.25. The fourth-order valence-corrected chi connectivity index (χ4v) is 5.01. The Balaban J connectivity index is 1.56. The molecular weight excluding hydrogens is 482 g/mol. The molecule has 0 radical (unpaired) electrons. The van der Waals surface area contributed by atoms with Gasteiger partial charge >= 0.3 is 11.8 Å². The summed E-state index contributed by atoms with van der Waals surface area (Å²) in [4.78, 5) is 32.9. The second kappa shape index (κ2) is 11.1. The molecule has 2 aromatic heterocycles. The van der Waals surface area contributed by atoms with Crippen molar-refractivity contribution < 1.29 is 14.3 Å². The number of nitrogens with zero attached hydrogens (tertiary/aromatic N) is 4. The molecule has 0 bridgehead atoms. The molecule has 0 spiro atoms. The number of imidazole rings is 1. The Kier molecular flexibility index (Phi) is 7.46. The van der Waals surface area contributed by atoms with E-state index in [9.17, 15) is 9.59 Å². The maximum absolute atomic E-state index is 13.6. The summed E-state index contributed by atoms with van der Waals surface area (Å²) in [6.45, 7) is 4.56. The van der Waals surface area contributed by atoms with Gasteiger partial charge in [0.05, 0.1) is 30.0 Å². The molecule has 1 fully saturated rings. The van der Waals surface area contributed by atoms with E-state index in [-0.39, 0.29) is 12.3 Å². The van der Waals surface area contributed by atoms with Crippen molar-refractivity contribution in [3.05, 3.63) is 82.4 Å². The number of carbonyl (C=O) groups excluding carboxylic acids is 1. The zero-order valence-electron chi connectivity index (χ0n) is 22.0. The van der Waals surface area contributed by atoms with Crippen molar-refractivity contribution in [2.24, 2.45) is 13.0 Å². The molecule has 198 valence electrons. The minimum Gasteiger partial charge on any atom is -0.497 e. The summed E-state index contributed by atoms with van der Waals surface area (Å²) in [6, 6.07) is 16.8. The molecule has 1 saturated heterocycles. The second-order valence-electron chi connectivity index (χ2n) is 9.70. The van der Waals surface area contributed by atoms with Crippen LogP contribution in [0.5, 0.6) is 5.75 Å². The van der Waals surface area contributed by atoms with Crippen LogP contribution in [0.2, 0.25) is 0 Å². The average molecular weight is 516 g/mol. The Labute approximate surface area is 221 Å². The van der Waals surface area contributed by atoms with Crippen LogP contribution in [-0.4, -0.2) is 40.4 Å². The van der Waals surface area contributed by atoms with Crippen LogP contribution in [0.4, 0.5) is 16.3 Å². The van der Waals surface area contributed by atoms with Gasteiger partial charge in [-0.15, -0.1) is 0 Å². The lowest BCUT2D eigenvalue weighted by atomic mass is 9.98. The van der Waals surface area contributed by atoms with Gasteiger partial charge in [0.25, 0.3) is 0 Å². The summed E-state index contributed by atoms with van der Waals surface area (Å²) >= 11 is 0. The van der Waals surface area contributed by atoms with Crippen LogP contribution in [0.3, 0.4) is 0 Å². The van der Waals surface area contributed by atoms with E-state index in [1.54, 1.807) is 31.0 Å². The molecule has 9 nitrogen and oxygen atoms in total. The lowest BCUT2D eigenvalue weighted by Gasteiger charge is -2.24. The van der Waals surface area contributed by atoms with Crippen LogP contribution < -0.4 is 20.6 Å². The molecule has 0 unspecified atom stereocenters. The standard InChI is InChI=1S/C29H33N5O4/c1-20-15-23(37-3)9-10-24(20)34(29(36)38-19-22-7-5-4-6-8-22)27-16-25-26(17-31-27)32(2)28(35)33(25)18-21-11-13-30-14-12-21/h4-10,15-17,21,30H,11-14,18-19H2,1-3H3. The Bertz CT molecular complexity index is 1490. The van der Waals surface area contributed by atoms with Crippen molar-refractivity contribution in [3.8, 4) is 5.75 Å². The summed E-state index contributed by atoms with van der Waals surface area (Å²) < 4.78 is 14.5. The van der Waals surface area contributed by atoms with Crippen molar-refractivity contribution in [2.45, 2.75) is 32.9 Å². The normalized spacial score (nSPS) is 14.0. The Hall–Kier alpha value is -4.11. The zero-order valence-corrected chi connectivity index (χ0v) is 22.0. The molecule has 0 saturated carbocycles. The Morgan fingerprint density at radius 2 is 1.87 bits per heavy atom. The van der Waals surface area contributed by atoms with Gasteiger partial charge in [0, 0.05) is 19.7 Å². The van der Waals surface area contributed by atoms with Gasteiger partial charge in [0.1, 0.15) is 18.2 Å². The molecule has 4 aromatic rings. The average Bonchev–Trinajstić information content (AvgIpc) is 3.18. The van der Waals surface area contributed by atoms with Crippen LogP contribution in [-0.2, 0) is 24.9 Å². The number of hydrogen-bond acceptors (Lipinski definition) is 6. The van der Waals surface area contributed by atoms with Crippen LogP contribution in [0.1, 0.15) is 24.0 Å². The van der Waals surface area contributed by atoms with E-state index in [4.69, 9.17) is 9.47 Å². The molecule has 9 heteroatoms. The van der Waals surface area contributed by atoms with Gasteiger partial charge in [0.15, 0.2) is 0 Å². The Morgan fingerprint density at radius 3 is 2.58 bits per heavy atom. The molecule has 1 aliphatic rings. The summed E-state index contributed by atoms with van der Waals surface area (Å²) in [5.74, 6) is 1.48. The van der Waals surface area contributed by atoms with Crippen molar-refractivity contribution in [1.29, 1.82) is 0 Å². The van der Waals surface area contributed by atoms with Gasteiger partial charge < -0.3 is 14.8 Å². The van der Waals surface area contributed by atoms with E-state index in [1.807, 2.05) is 60.0 Å². The van der Waals surface area contributed by atoms with Crippen molar-refractivity contribution in [2.75, 3.05) is 25.1 Å². The van der Waals surface area contributed by atoms with Crippen LogP contribution >= 0.6 is 0 Å². The van der Waals surface area contributed by atoms with Gasteiger partial charge in [0.2, 0.25) is 0 Å². The maximum Gasteiger partial charge on any atom is 0.420 e. The first-order valence-electron chi connectivity index (χ1n) is 12.9. The van der Waals surface area contributed by atoms with Crippen LogP contribution in [0.15, 0.2) is 65.6 Å². The SMILES string of the molecule is COc1ccc(N(C(=O)OCc2ccccc2)c2cc3c(cn2)n(C)c(=O)n3CC2CCNCC2)c(C)c1. The third-order valence-corrected chi connectivity index (χ3v) is 7.18. The number of nitrogens with one attached hydrogen (secondary N) is 1. The van der Waals surface area contributed by atoms with E-state index < -0.39 is 6.09 Å². The Morgan fingerprint density at radius 1 is 1.11 bits per heavy atom. The fourth-order valence-electron chi connectivity index (χ4n) is 5.01. The molecule has 5 rings (SSSR count). The molecule has 38 heavy (non-hydrogen) atoms. The van der Waals surface area contributed by atoms with E-state index >= 15 is 0 Å². The summed E-state index contributed by atoms with van der Waals surface area (Å²) in [5, 5.41) is 3.38. The van der Waals surface area contributed by atoms with Gasteiger partial charge in [-0.3, -0.25) is 9.13 Å². The molecular formula is C29H33N5O4. The number of benzene rings is 2. The number of aryl methyl sites for hydroxylation is 2. The van der Waals surface area contributed by atoms with E-state index in [0.29, 0.717) is 29.7 Å². The van der Waals surface area contributed by atoms with Crippen molar-refractivity contribution >= 4 is 28.6 Å². The van der Waals surface area contributed by atoms with E-state index in [0.717, 1.165) is 48.1 Å². The number of carbonyl (C=O) groups is 1. The largest absolute Gasteiger partial charge is 0.497 e. The third kappa shape index (κ3) is 5.15. The number of fused-ring (bicyclic) bond motifs is 1. The highest BCUT2D eigenvalue weighted by atomic mass is 16.6. The maximum atomic E-state index is 13.6. The molecule has 1 amide bonds. The molecule has 1 N–H and O–H groups in total. The summed E-state index contributed by atoms with van der Waals surface area (Å²) in [6.07, 6.45) is 3.13. The molecule has 1 aliphatic heterocycles. The van der Waals surface area contributed by atoms with Gasteiger partial charge in [-0.1, -0.05) is 30.3 Å². The molecule has 2 aromatic carbocycles. The number of ether oxygens (including phenoxy) is 2. The topological polar surface area (TPSA) is 90.6 Å². The monoisotopic (exact) mass is 515 g/mol. The number of methoxy groups -OCH3 is 1. The lowest BCUT2D eigenvalue weighted by Crippen LogP contribution is -2.32. The summed E-state index contributed by atoms with van der Waals surface area (Å²) in [5.41, 5.74) is 3.71. The fraction of sp³-hybridized carbons (Fsp3) is 0.345. The number of pyridine rings is 1. The summed E-state index contributed by atoms with van der Waals surface area (Å²) in [7, 11) is 3.36.